The number of phenols is 1. The second-order valence-electron chi connectivity index (χ2n) is 16.6. The number of likely N-dealkylation sites (tertiary alicyclic amines) is 2. The number of fused-ring (bicyclic) bond motifs is 1. The van der Waals surface area contributed by atoms with E-state index in [9.17, 15) is 9.90 Å². The maximum Gasteiger partial charge on any atom is 0.253 e. The Morgan fingerprint density at radius 3 is 2.53 bits per heavy atom. The quantitative estimate of drug-likeness (QED) is 0.158. The summed E-state index contributed by atoms with van der Waals surface area (Å²) >= 11 is 0. The van der Waals surface area contributed by atoms with Crippen molar-refractivity contribution in [2.45, 2.75) is 51.7 Å². The van der Waals surface area contributed by atoms with Crippen molar-refractivity contribution >= 4 is 34.0 Å². The van der Waals surface area contributed by atoms with E-state index in [0.717, 1.165) is 94.0 Å². The zero-order valence-corrected chi connectivity index (χ0v) is 33.7. The van der Waals surface area contributed by atoms with Crippen molar-refractivity contribution in [2.75, 3.05) is 81.2 Å². The molecular weight excluding hydrogens is 727 g/mol. The number of ether oxygens (including phenoxy) is 1. The molecule has 6 heterocycles. The Hall–Kier alpha value is -5.43. The molecule has 4 aliphatic heterocycles. The molecule has 0 unspecified atom stereocenters. The predicted molar refractivity (Wildman–Crippen MR) is 230 cm³/mol. The number of piperidine rings is 2. The fourth-order valence-corrected chi connectivity index (χ4v) is 9.54. The molecule has 3 saturated heterocycles. The van der Waals surface area contributed by atoms with Gasteiger partial charge in [0.1, 0.15) is 11.9 Å². The first-order valence-corrected chi connectivity index (χ1v) is 20.9. The first-order valence-electron chi connectivity index (χ1n) is 20.9. The van der Waals surface area contributed by atoms with Crippen LogP contribution in [0, 0.1) is 19.8 Å². The maximum absolute atomic E-state index is 13.8. The largest absolute Gasteiger partial charge is 0.507 e. The van der Waals surface area contributed by atoms with Crippen LogP contribution in [0.3, 0.4) is 0 Å². The highest BCUT2D eigenvalue weighted by molar-refractivity contribution is 5.95. The molecule has 3 aromatic carbocycles. The summed E-state index contributed by atoms with van der Waals surface area (Å²) in [6, 6.07) is 22.5. The number of hydrogen-bond acceptors (Lipinski definition) is 10. The van der Waals surface area contributed by atoms with Gasteiger partial charge in [-0.1, -0.05) is 24.3 Å². The topological polar surface area (TPSA) is 128 Å². The number of para-hydroxylation sites is 1. The van der Waals surface area contributed by atoms with Gasteiger partial charge >= 0.3 is 0 Å². The minimum atomic E-state index is -0.195. The van der Waals surface area contributed by atoms with Crippen LogP contribution >= 0.6 is 0 Å². The Morgan fingerprint density at radius 1 is 0.931 bits per heavy atom. The number of rotatable bonds is 8. The molecule has 9 rings (SSSR count). The molecule has 1 amide bonds. The van der Waals surface area contributed by atoms with Crippen molar-refractivity contribution in [3.05, 3.63) is 107 Å². The van der Waals surface area contributed by atoms with Crippen LogP contribution in [-0.2, 0) is 4.74 Å². The predicted octanol–water partition coefficient (Wildman–Crippen LogP) is 6.65. The van der Waals surface area contributed by atoms with E-state index in [-0.39, 0.29) is 17.8 Å². The van der Waals surface area contributed by atoms with Crippen LogP contribution in [0.2, 0.25) is 0 Å². The van der Waals surface area contributed by atoms with Crippen molar-refractivity contribution in [2.24, 2.45) is 5.92 Å². The fourth-order valence-electron chi connectivity index (χ4n) is 9.54. The van der Waals surface area contributed by atoms with Crippen LogP contribution in [0.5, 0.6) is 5.75 Å². The van der Waals surface area contributed by atoms with Crippen molar-refractivity contribution in [3.8, 4) is 17.0 Å². The molecule has 2 aromatic heterocycles. The molecule has 58 heavy (non-hydrogen) atoms. The number of morpholine rings is 1. The van der Waals surface area contributed by atoms with Gasteiger partial charge in [0.2, 0.25) is 0 Å². The van der Waals surface area contributed by atoms with Crippen molar-refractivity contribution in [1.29, 1.82) is 0 Å². The lowest BCUT2D eigenvalue weighted by Gasteiger charge is -2.38. The van der Waals surface area contributed by atoms with Crippen molar-refractivity contribution in [1.82, 2.24) is 29.9 Å². The van der Waals surface area contributed by atoms with Gasteiger partial charge in [0, 0.05) is 87.3 Å². The van der Waals surface area contributed by atoms with E-state index in [1.807, 2.05) is 35.2 Å². The van der Waals surface area contributed by atoms with Gasteiger partial charge in [0.25, 0.3) is 5.91 Å². The molecule has 0 saturated carbocycles. The molecule has 12 nitrogen and oxygen atoms in total. The lowest BCUT2D eigenvalue weighted by molar-refractivity contribution is 0.0394. The van der Waals surface area contributed by atoms with Gasteiger partial charge in [-0.05, 0) is 111 Å². The van der Waals surface area contributed by atoms with Crippen LogP contribution in [0.15, 0.2) is 85.2 Å². The highest BCUT2D eigenvalue weighted by Crippen LogP contribution is 2.37. The van der Waals surface area contributed by atoms with E-state index in [1.54, 1.807) is 12.1 Å². The van der Waals surface area contributed by atoms with Crippen molar-refractivity contribution < 1.29 is 14.6 Å². The number of phenolic OH excluding ortho intramolecular Hbond substituents is 1. The molecule has 4 N–H and O–H groups in total. The van der Waals surface area contributed by atoms with Gasteiger partial charge in [0.15, 0.2) is 5.82 Å². The standard InChI is InChI=1S/C46H55N9O3/c1-31-24-40(54-16-5-15-48-30-54)38-14-21-55(41(38)25-31)35-12-17-51(18-13-35)28-33-10-19-52(20-11-33)46(57)34-8-9-36(32(2)26-34)44-29-53(22-23-58-44)42-27-39(49-50-45(42)47)37-6-3-4-7-43(37)56/h3-9,14,16,21,24-27,33,35,44,48,56H,10-13,15,17-20,22-23,28-30H2,1-2H3,(H2,47,50)/t44-/m1/s1. The highest BCUT2D eigenvalue weighted by Gasteiger charge is 2.30. The molecule has 0 aliphatic carbocycles. The molecule has 0 radical (unpaired) electrons. The van der Waals surface area contributed by atoms with Gasteiger partial charge in [-0.25, -0.2) is 0 Å². The summed E-state index contributed by atoms with van der Waals surface area (Å²) in [5.41, 5.74) is 15.0. The summed E-state index contributed by atoms with van der Waals surface area (Å²) in [7, 11) is 0. The molecule has 0 spiro atoms. The SMILES string of the molecule is Cc1cc(N2C=CCNC2)c2ccn(C3CCN(CC4CCN(C(=O)c5ccc([C@H]6CN(c7cc(-c8ccccc8O)nnc7N)CCO6)c(C)c5)CC4)CC3)c2c1. The summed E-state index contributed by atoms with van der Waals surface area (Å²) in [4.78, 5) is 23.0. The molecule has 12 heteroatoms. The Kier molecular flexibility index (Phi) is 10.8. The summed E-state index contributed by atoms with van der Waals surface area (Å²) in [5.74, 6) is 1.20. The number of nitrogens with zero attached hydrogens (tertiary/aromatic N) is 7. The average molecular weight is 782 g/mol. The Morgan fingerprint density at radius 2 is 1.76 bits per heavy atom. The number of nitrogen functional groups attached to an aromatic ring is 1. The lowest BCUT2D eigenvalue weighted by Crippen LogP contribution is -2.43. The lowest BCUT2D eigenvalue weighted by atomic mass is 9.93. The van der Waals surface area contributed by atoms with Crippen LogP contribution in [0.4, 0.5) is 17.2 Å². The molecule has 0 bridgehead atoms. The number of benzene rings is 3. The zero-order chi connectivity index (χ0) is 39.8. The number of aromatic hydroxyl groups is 1. The van der Waals surface area contributed by atoms with E-state index in [4.69, 9.17) is 10.5 Å². The van der Waals surface area contributed by atoms with Crippen LogP contribution in [0.25, 0.3) is 22.2 Å². The Labute approximate surface area is 340 Å². The summed E-state index contributed by atoms with van der Waals surface area (Å²) in [6.07, 6.45) is 10.9. The van der Waals surface area contributed by atoms with E-state index in [1.165, 1.54) is 22.2 Å². The number of carbonyl (C=O) groups excluding carboxylic acids is 1. The van der Waals surface area contributed by atoms with E-state index in [0.29, 0.717) is 48.7 Å². The van der Waals surface area contributed by atoms with Gasteiger partial charge in [0.05, 0.1) is 35.9 Å². The maximum atomic E-state index is 13.8. The van der Waals surface area contributed by atoms with Gasteiger partial charge in [-0.2, -0.15) is 0 Å². The third-order valence-electron chi connectivity index (χ3n) is 12.7. The van der Waals surface area contributed by atoms with Crippen LogP contribution in [0.1, 0.15) is 64.9 Å². The van der Waals surface area contributed by atoms with E-state index in [2.05, 4.69) is 91.4 Å². The zero-order valence-electron chi connectivity index (χ0n) is 33.7. The summed E-state index contributed by atoms with van der Waals surface area (Å²) in [6.45, 7) is 12.7. The summed E-state index contributed by atoms with van der Waals surface area (Å²) < 4.78 is 8.80. The first kappa shape index (κ1) is 38.1. The minimum absolute atomic E-state index is 0.109. The first-order chi connectivity index (χ1) is 28.3. The monoisotopic (exact) mass is 781 g/mol. The third-order valence-corrected chi connectivity index (χ3v) is 12.7. The number of aromatic nitrogens is 3. The molecule has 302 valence electrons. The minimum Gasteiger partial charge on any atom is -0.507 e. The second-order valence-corrected chi connectivity index (χ2v) is 16.6. The van der Waals surface area contributed by atoms with Gasteiger partial charge in [-0.15, -0.1) is 10.2 Å². The number of nitrogens with one attached hydrogen (secondary N) is 1. The normalized spacial score (nSPS) is 20.0. The molecular formula is C46H55N9O3. The number of anilines is 3. The molecule has 1 atom stereocenters. The Bertz CT molecular complexity index is 2310. The van der Waals surface area contributed by atoms with E-state index < -0.39 is 0 Å². The summed E-state index contributed by atoms with van der Waals surface area (Å²) in [5, 5.41) is 23.7. The number of aryl methyl sites for hydroxylation is 2. The number of carbonyl (C=O) groups is 1. The number of amides is 1. The van der Waals surface area contributed by atoms with Crippen LogP contribution in [-0.4, -0.2) is 101 Å². The third kappa shape index (κ3) is 7.76. The van der Waals surface area contributed by atoms with Gasteiger partial charge < -0.3 is 39.7 Å². The fraction of sp³-hybridized carbons (Fsp3) is 0.413. The highest BCUT2D eigenvalue weighted by atomic mass is 16.5. The molecule has 3 fully saturated rings. The van der Waals surface area contributed by atoms with E-state index >= 15 is 0 Å². The number of nitrogens with two attached hydrogens (primary N) is 1. The van der Waals surface area contributed by atoms with Gasteiger partial charge in [-0.3, -0.25) is 10.1 Å². The molecule has 5 aromatic rings. The smallest absolute Gasteiger partial charge is 0.253 e. The number of hydrogen-bond donors (Lipinski definition) is 3. The van der Waals surface area contributed by atoms with Crippen LogP contribution < -0.4 is 20.9 Å². The second kappa shape index (κ2) is 16.4. The Balaban J connectivity index is 0.776. The average Bonchev–Trinajstić information content (AvgIpc) is 3.68. The molecule has 4 aliphatic rings. The van der Waals surface area contributed by atoms with Crippen molar-refractivity contribution in [3.63, 3.8) is 0 Å².